The van der Waals surface area contributed by atoms with E-state index in [0.29, 0.717) is 45.6 Å². The fourth-order valence-electron chi connectivity index (χ4n) is 7.11. The molecule has 2 N–H and O–H groups in total. The topological polar surface area (TPSA) is 85.4 Å². The Labute approximate surface area is 265 Å². The first-order chi connectivity index (χ1) is 22.0. The molecule has 45 heavy (non-hydrogen) atoms. The Morgan fingerprint density at radius 3 is 2.67 bits per heavy atom. The summed E-state index contributed by atoms with van der Waals surface area (Å²) in [4.78, 5) is 12.6. The Morgan fingerprint density at radius 2 is 1.84 bits per heavy atom. The second-order valence-electron chi connectivity index (χ2n) is 12.6. The predicted molar refractivity (Wildman–Crippen MR) is 171 cm³/mol. The van der Waals surface area contributed by atoms with E-state index in [1.807, 2.05) is 6.07 Å². The minimum Gasteiger partial charge on any atom is -0.490 e. The number of amides is 1. The van der Waals surface area contributed by atoms with Crippen LogP contribution in [0.2, 0.25) is 0 Å². The number of hydrogen-bond acceptors (Lipinski definition) is 7. The van der Waals surface area contributed by atoms with Crippen LogP contribution in [-0.2, 0) is 22.5 Å². The average molecular weight is 633 g/mol. The van der Waals surface area contributed by atoms with Gasteiger partial charge in [0, 0.05) is 41.6 Å². The Balaban J connectivity index is 0.977. The summed E-state index contributed by atoms with van der Waals surface area (Å²) < 4.78 is 41.8. The third-order valence-corrected chi connectivity index (χ3v) is 10.8. The van der Waals surface area contributed by atoms with Crippen molar-refractivity contribution in [3.63, 3.8) is 0 Å². The van der Waals surface area contributed by atoms with E-state index in [1.165, 1.54) is 72.1 Å². The largest absolute Gasteiger partial charge is 0.490 e. The number of fused-ring (bicyclic) bond motifs is 2. The van der Waals surface area contributed by atoms with Crippen LogP contribution in [0.5, 0.6) is 5.75 Å². The Hall–Kier alpha value is -3.47. The van der Waals surface area contributed by atoms with Crippen LogP contribution >= 0.6 is 11.3 Å². The zero-order chi connectivity index (χ0) is 30.8. The van der Waals surface area contributed by atoms with Crippen molar-refractivity contribution in [3.8, 4) is 28.3 Å². The maximum absolute atomic E-state index is 15.2. The number of ether oxygens (including phenoxy) is 2. The zero-order valence-corrected chi connectivity index (χ0v) is 26.1. The van der Waals surface area contributed by atoms with Crippen molar-refractivity contribution < 1.29 is 23.0 Å². The third-order valence-electron chi connectivity index (χ3n) is 9.88. The molecule has 2 fully saturated rings. The number of hydrogen-bond donors (Lipinski definition) is 2. The van der Waals surface area contributed by atoms with Gasteiger partial charge in [-0.15, -0.1) is 21.5 Å². The maximum Gasteiger partial charge on any atom is 0.223 e. The smallest absolute Gasteiger partial charge is 0.223 e. The summed E-state index contributed by atoms with van der Waals surface area (Å²) in [6, 6.07) is 10.3. The molecule has 10 heteroatoms. The fourth-order valence-corrected chi connectivity index (χ4v) is 8.03. The number of aromatic nitrogens is 2. The molecule has 0 atom stereocenters. The standard InChI is InChI=1S/C35H38F2N4O3S/c36-26-4-5-27(29(19-26)44-17-16-43-15-14-39-34(42)22-6-11-35(12-7-22)9-1-10-35)32-33-30(28(37)21-45-33)31(40-41-32)24-2-3-25-20-38-13-8-23(25)18-24/h2-5,18-19,21-22,38H,1,6-17,20H2,(H,39,42). The van der Waals surface area contributed by atoms with Gasteiger partial charge >= 0.3 is 0 Å². The summed E-state index contributed by atoms with van der Waals surface area (Å²) in [5.74, 6) is -0.295. The molecule has 2 aromatic carbocycles. The highest BCUT2D eigenvalue weighted by Crippen LogP contribution is 2.52. The van der Waals surface area contributed by atoms with Gasteiger partial charge < -0.3 is 20.1 Å². The molecule has 7 nitrogen and oxygen atoms in total. The van der Waals surface area contributed by atoms with Crippen LogP contribution in [0.3, 0.4) is 0 Å². The molecule has 2 saturated carbocycles. The molecule has 0 unspecified atom stereocenters. The number of carbonyl (C=O) groups excluding carboxylic acids is 1. The second-order valence-corrected chi connectivity index (χ2v) is 13.5. The van der Waals surface area contributed by atoms with E-state index in [0.717, 1.165) is 37.9 Å². The third kappa shape index (κ3) is 6.33. The summed E-state index contributed by atoms with van der Waals surface area (Å²) in [5, 5.41) is 17.2. The molecule has 4 aromatic rings. The molecule has 236 valence electrons. The lowest BCUT2D eigenvalue weighted by Crippen LogP contribution is -2.40. The molecule has 3 heterocycles. The first kappa shape index (κ1) is 30.2. The van der Waals surface area contributed by atoms with Gasteiger partial charge in [-0.2, -0.15) is 0 Å². The van der Waals surface area contributed by atoms with Crippen molar-refractivity contribution in [2.75, 3.05) is 32.9 Å². The normalized spacial score (nSPS) is 17.6. The van der Waals surface area contributed by atoms with E-state index in [9.17, 15) is 9.18 Å². The summed E-state index contributed by atoms with van der Waals surface area (Å²) in [6.07, 6.45) is 9.23. The van der Waals surface area contributed by atoms with Crippen LogP contribution < -0.4 is 15.4 Å². The summed E-state index contributed by atoms with van der Waals surface area (Å²) in [7, 11) is 0. The van der Waals surface area contributed by atoms with Crippen LogP contribution in [0.15, 0.2) is 41.8 Å². The van der Waals surface area contributed by atoms with Crippen molar-refractivity contribution in [2.45, 2.75) is 57.9 Å². The molecule has 7 rings (SSSR count). The van der Waals surface area contributed by atoms with Gasteiger partial charge in [-0.05, 0) is 86.2 Å². The number of nitrogens with zero attached hydrogens (tertiary/aromatic N) is 2. The Bertz CT molecular complexity index is 1700. The van der Waals surface area contributed by atoms with Crippen molar-refractivity contribution in [3.05, 3.63) is 64.5 Å². The van der Waals surface area contributed by atoms with E-state index < -0.39 is 5.82 Å². The Morgan fingerprint density at radius 1 is 1.00 bits per heavy atom. The molecular weight excluding hydrogens is 594 g/mol. The van der Waals surface area contributed by atoms with Gasteiger partial charge in [0.15, 0.2) is 0 Å². The molecule has 1 aliphatic heterocycles. The van der Waals surface area contributed by atoms with Gasteiger partial charge in [0.2, 0.25) is 5.91 Å². The highest BCUT2D eigenvalue weighted by atomic mass is 32.1. The summed E-state index contributed by atoms with van der Waals surface area (Å²) in [5.41, 5.74) is 5.29. The fraction of sp³-hybridized carbons (Fsp3) is 0.457. The van der Waals surface area contributed by atoms with Crippen LogP contribution in [0.4, 0.5) is 8.78 Å². The quantitative estimate of drug-likeness (QED) is 0.187. The summed E-state index contributed by atoms with van der Waals surface area (Å²) >= 11 is 1.24. The zero-order valence-electron chi connectivity index (χ0n) is 25.3. The summed E-state index contributed by atoms with van der Waals surface area (Å²) in [6.45, 7) is 2.96. The van der Waals surface area contributed by atoms with Crippen molar-refractivity contribution >= 4 is 27.3 Å². The van der Waals surface area contributed by atoms with Gasteiger partial charge in [-0.3, -0.25) is 4.79 Å². The minimum atomic E-state index is -0.454. The molecule has 1 spiro atoms. The average Bonchev–Trinajstić information content (AvgIpc) is 3.44. The molecular formula is C35H38F2N4O3S. The van der Waals surface area contributed by atoms with E-state index in [1.54, 1.807) is 6.07 Å². The number of carbonyl (C=O) groups is 1. The lowest BCUT2D eigenvalue weighted by Gasteiger charge is -2.46. The van der Waals surface area contributed by atoms with Crippen molar-refractivity contribution in [1.82, 2.24) is 20.8 Å². The number of thiophene rings is 1. The molecule has 0 saturated heterocycles. The van der Waals surface area contributed by atoms with Crippen LogP contribution in [0.25, 0.3) is 32.6 Å². The number of benzene rings is 2. The SMILES string of the molecule is O=C(NCCOCCOc1cc(F)ccc1-c1nnc(-c2ccc3c(c2)CCNC3)c2c(F)csc12)C1CCC2(CCC2)CC1. The number of halogens is 2. The molecule has 3 aliphatic rings. The van der Waals surface area contributed by atoms with Crippen LogP contribution in [-0.4, -0.2) is 49.0 Å². The first-order valence-corrected chi connectivity index (χ1v) is 16.9. The lowest BCUT2D eigenvalue weighted by molar-refractivity contribution is -0.127. The number of nitrogens with one attached hydrogen (secondary N) is 2. The van der Waals surface area contributed by atoms with Crippen molar-refractivity contribution in [2.24, 2.45) is 11.3 Å². The van der Waals surface area contributed by atoms with E-state index in [2.05, 4.69) is 33.0 Å². The molecule has 2 aromatic heterocycles. The Kier molecular flexibility index (Phi) is 8.79. The predicted octanol–water partition coefficient (Wildman–Crippen LogP) is 6.82. The molecule has 1 amide bonds. The lowest BCUT2D eigenvalue weighted by atomic mass is 9.59. The maximum atomic E-state index is 15.2. The van der Waals surface area contributed by atoms with Crippen LogP contribution in [0, 0.1) is 23.0 Å². The van der Waals surface area contributed by atoms with Crippen LogP contribution in [0.1, 0.15) is 56.1 Å². The second kappa shape index (κ2) is 13.1. The number of rotatable bonds is 10. The van der Waals surface area contributed by atoms with Gasteiger partial charge in [-0.25, -0.2) is 8.78 Å². The molecule has 0 radical (unpaired) electrons. The molecule has 0 bridgehead atoms. The van der Waals surface area contributed by atoms with Gasteiger partial charge in [0.05, 0.1) is 23.3 Å². The highest BCUT2D eigenvalue weighted by molar-refractivity contribution is 7.17. The van der Waals surface area contributed by atoms with E-state index in [-0.39, 0.29) is 36.6 Å². The van der Waals surface area contributed by atoms with E-state index in [4.69, 9.17) is 9.47 Å². The first-order valence-electron chi connectivity index (χ1n) is 16.0. The minimum absolute atomic E-state index is 0.113. The monoisotopic (exact) mass is 632 g/mol. The van der Waals surface area contributed by atoms with Crippen molar-refractivity contribution in [1.29, 1.82) is 0 Å². The highest BCUT2D eigenvalue weighted by Gasteiger charge is 2.41. The van der Waals surface area contributed by atoms with Gasteiger partial charge in [-0.1, -0.05) is 18.6 Å². The van der Waals surface area contributed by atoms with E-state index >= 15 is 4.39 Å². The molecule has 2 aliphatic carbocycles. The van der Waals surface area contributed by atoms with Gasteiger partial charge in [0.1, 0.15) is 35.4 Å². The van der Waals surface area contributed by atoms with Gasteiger partial charge in [0.25, 0.3) is 0 Å².